The molecule has 0 bridgehead atoms. The number of nitrogens with one attached hydrogen (secondary N) is 1. The number of nitrogens with zero attached hydrogens (tertiary/aromatic N) is 5. The molecule has 272 valence electrons. The van der Waals surface area contributed by atoms with Gasteiger partial charge in [0.25, 0.3) is 0 Å². The first kappa shape index (κ1) is 38.3. The minimum atomic E-state index is -0.717. The molecule has 0 radical (unpaired) electrons. The second kappa shape index (κ2) is 16.5. The van der Waals surface area contributed by atoms with Gasteiger partial charge in [0.05, 0.1) is 12.1 Å². The first-order valence-corrected chi connectivity index (χ1v) is 19.0. The van der Waals surface area contributed by atoms with Crippen molar-refractivity contribution in [3.05, 3.63) is 11.6 Å². The molecule has 4 aliphatic heterocycles. The van der Waals surface area contributed by atoms with Crippen LogP contribution in [0.3, 0.4) is 0 Å². The lowest BCUT2D eigenvalue weighted by Crippen LogP contribution is -2.60. The Morgan fingerprint density at radius 3 is 2.04 bits per heavy atom. The molecule has 4 amide bonds. The molecule has 4 rings (SSSR count). The first-order chi connectivity index (χ1) is 22.6. The predicted molar refractivity (Wildman–Crippen MR) is 191 cm³/mol. The highest BCUT2D eigenvalue weighted by molar-refractivity contribution is 5.97. The third-order valence-electron chi connectivity index (χ3n) is 11.3. The average Bonchev–Trinajstić information content (AvgIpc) is 3.83. The lowest BCUT2D eigenvalue weighted by Gasteiger charge is -2.41. The minimum Gasteiger partial charge on any atom is -0.342 e. The quantitative estimate of drug-likeness (QED) is 0.330. The van der Waals surface area contributed by atoms with E-state index >= 15 is 0 Å². The molecule has 4 aliphatic rings. The molecule has 0 aromatic heterocycles. The van der Waals surface area contributed by atoms with E-state index in [9.17, 15) is 19.2 Å². The fourth-order valence-electron chi connectivity index (χ4n) is 8.43. The normalized spacial score (nSPS) is 26.0. The number of rotatable bonds is 11. The topological polar surface area (TPSA) is 96.5 Å². The molecule has 48 heavy (non-hydrogen) atoms. The molecule has 4 fully saturated rings. The second-order valence-electron chi connectivity index (χ2n) is 16.7. The third kappa shape index (κ3) is 9.01. The summed E-state index contributed by atoms with van der Waals surface area (Å²) in [5.41, 5.74) is 0.0361. The number of carbonyl (C=O) groups excluding carboxylic acids is 4. The minimum absolute atomic E-state index is 0.0275. The van der Waals surface area contributed by atoms with Crippen LogP contribution < -0.4 is 5.32 Å². The molecule has 10 heteroatoms. The molecular weight excluding hydrogens is 604 g/mol. The van der Waals surface area contributed by atoms with Crippen molar-refractivity contribution in [3.63, 3.8) is 0 Å². The molecule has 4 saturated heterocycles. The maximum absolute atomic E-state index is 14.2. The molecule has 0 aromatic rings. The highest BCUT2D eigenvalue weighted by atomic mass is 16.2. The number of piperidine rings is 1. The maximum atomic E-state index is 14.2. The van der Waals surface area contributed by atoms with Crippen LogP contribution in [-0.4, -0.2) is 131 Å². The summed E-state index contributed by atoms with van der Waals surface area (Å²) in [7, 11) is 1.78. The average molecular weight is 671 g/mol. The number of likely N-dealkylation sites (N-methyl/N-ethyl adjacent to an activating group) is 1. The Hall–Kier alpha value is -2.46. The van der Waals surface area contributed by atoms with E-state index in [0.29, 0.717) is 18.5 Å². The Kier molecular flexibility index (Phi) is 13.2. The van der Waals surface area contributed by atoms with Crippen LogP contribution in [0.5, 0.6) is 0 Å². The summed E-state index contributed by atoms with van der Waals surface area (Å²) in [5, 5.41) is 3.17. The zero-order valence-corrected chi connectivity index (χ0v) is 31.6. The van der Waals surface area contributed by atoms with Crippen molar-refractivity contribution in [3.8, 4) is 0 Å². The SMILES string of the molecule is C/C(=C\[C@H](C(C)C)N(C)C(=O)C(NC(=O)[C@H]1CCCCN1C(C)C)C(C)(C)C)C(=O)N1CCCC1C(=O)N1CCCC1CN1CCCC1. The molecule has 4 heterocycles. The number of likely N-dealkylation sites (tertiary alicyclic amines) is 4. The van der Waals surface area contributed by atoms with E-state index in [1.54, 1.807) is 16.8 Å². The van der Waals surface area contributed by atoms with Crippen molar-refractivity contribution in [1.29, 1.82) is 0 Å². The van der Waals surface area contributed by atoms with Crippen molar-refractivity contribution < 1.29 is 19.2 Å². The van der Waals surface area contributed by atoms with Crippen molar-refractivity contribution in [2.24, 2.45) is 11.3 Å². The van der Waals surface area contributed by atoms with E-state index in [0.717, 1.165) is 71.2 Å². The lowest BCUT2D eigenvalue weighted by molar-refractivity contribution is -0.143. The van der Waals surface area contributed by atoms with Crippen LogP contribution >= 0.6 is 0 Å². The Morgan fingerprint density at radius 1 is 0.812 bits per heavy atom. The first-order valence-electron chi connectivity index (χ1n) is 19.0. The van der Waals surface area contributed by atoms with Crippen molar-refractivity contribution in [1.82, 2.24) is 29.8 Å². The number of hydrogen-bond donors (Lipinski definition) is 1. The molecule has 1 N–H and O–H groups in total. The molecule has 3 unspecified atom stereocenters. The number of hydrogen-bond acceptors (Lipinski definition) is 6. The van der Waals surface area contributed by atoms with Crippen LogP contribution in [0.25, 0.3) is 0 Å². The highest BCUT2D eigenvalue weighted by Gasteiger charge is 2.42. The third-order valence-corrected chi connectivity index (χ3v) is 11.3. The lowest BCUT2D eigenvalue weighted by atomic mass is 9.84. The van der Waals surface area contributed by atoms with Crippen LogP contribution in [0.1, 0.15) is 113 Å². The van der Waals surface area contributed by atoms with Gasteiger partial charge in [-0.25, -0.2) is 0 Å². The van der Waals surface area contributed by atoms with Gasteiger partial charge in [-0.1, -0.05) is 47.1 Å². The highest BCUT2D eigenvalue weighted by Crippen LogP contribution is 2.29. The monoisotopic (exact) mass is 671 g/mol. The van der Waals surface area contributed by atoms with Gasteiger partial charge in [-0.2, -0.15) is 0 Å². The Balaban J connectivity index is 1.47. The van der Waals surface area contributed by atoms with E-state index in [-0.39, 0.29) is 53.7 Å². The maximum Gasteiger partial charge on any atom is 0.249 e. The molecule has 5 atom stereocenters. The summed E-state index contributed by atoms with van der Waals surface area (Å²) < 4.78 is 0. The van der Waals surface area contributed by atoms with E-state index in [1.165, 1.54) is 12.8 Å². The van der Waals surface area contributed by atoms with Crippen LogP contribution in [0.4, 0.5) is 0 Å². The Morgan fingerprint density at radius 2 is 1.42 bits per heavy atom. The van der Waals surface area contributed by atoms with Gasteiger partial charge in [0.1, 0.15) is 12.1 Å². The standard InChI is InChI=1S/C38H66N6O4/c1-26(2)32(40(9)37(48)33(38(6,7)8)39-34(45)30-17-10-11-21-42(30)27(3)4)24-28(5)35(46)44-23-15-18-31(44)36(47)43-22-14-16-29(43)25-41-19-12-13-20-41/h24,26-27,29-33H,10-23,25H2,1-9H3,(H,39,45)/b28-24+/t29?,30-,31?,32-,33?/m1/s1. The van der Waals surface area contributed by atoms with Gasteiger partial charge in [0, 0.05) is 44.3 Å². The zero-order chi connectivity index (χ0) is 35.3. The molecular formula is C38H66N6O4. The summed E-state index contributed by atoms with van der Waals surface area (Å²) >= 11 is 0. The Labute approximate surface area is 291 Å². The molecule has 0 aromatic carbocycles. The summed E-state index contributed by atoms with van der Waals surface area (Å²) in [6, 6.07) is -1.26. The molecule has 0 spiro atoms. The Bertz CT molecular complexity index is 1170. The van der Waals surface area contributed by atoms with Crippen molar-refractivity contribution >= 4 is 23.6 Å². The van der Waals surface area contributed by atoms with Gasteiger partial charge in [-0.15, -0.1) is 0 Å². The fraction of sp³-hybridized carbons (Fsp3) is 0.842. The summed E-state index contributed by atoms with van der Waals surface area (Å²) in [6.07, 6.45) is 10.8. The molecule has 0 aliphatic carbocycles. The van der Waals surface area contributed by atoms with Crippen LogP contribution in [0.2, 0.25) is 0 Å². The van der Waals surface area contributed by atoms with E-state index in [4.69, 9.17) is 0 Å². The summed E-state index contributed by atoms with van der Waals surface area (Å²) in [6.45, 7) is 21.5. The predicted octanol–water partition coefficient (Wildman–Crippen LogP) is 4.29. The van der Waals surface area contributed by atoms with Gasteiger partial charge in [0.2, 0.25) is 23.6 Å². The van der Waals surface area contributed by atoms with Gasteiger partial charge in [-0.05, 0) is 103 Å². The van der Waals surface area contributed by atoms with Crippen LogP contribution in [-0.2, 0) is 19.2 Å². The molecule has 10 nitrogen and oxygen atoms in total. The van der Waals surface area contributed by atoms with Crippen molar-refractivity contribution in [2.45, 2.75) is 149 Å². The van der Waals surface area contributed by atoms with E-state index < -0.39 is 17.5 Å². The van der Waals surface area contributed by atoms with Crippen LogP contribution in [0, 0.1) is 11.3 Å². The fourth-order valence-corrected chi connectivity index (χ4v) is 8.43. The van der Waals surface area contributed by atoms with Gasteiger partial charge < -0.3 is 24.9 Å². The van der Waals surface area contributed by atoms with Gasteiger partial charge in [0.15, 0.2) is 0 Å². The number of amides is 4. The van der Waals surface area contributed by atoms with Crippen LogP contribution in [0.15, 0.2) is 11.6 Å². The number of carbonyl (C=O) groups is 4. The smallest absolute Gasteiger partial charge is 0.249 e. The van der Waals surface area contributed by atoms with E-state index in [2.05, 4.69) is 33.9 Å². The summed E-state index contributed by atoms with van der Waals surface area (Å²) in [5.74, 6) is -0.247. The summed E-state index contributed by atoms with van der Waals surface area (Å²) in [4.78, 5) is 66.1. The van der Waals surface area contributed by atoms with E-state index in [1.807, 2.05) is 47.6 Å². The van der Waals surface area contributed by atoms with Gasteiger partial charge >= 0.3 is 0 Å². The van der Waals surface area contributed by atoms with Gasteiger partial charge in [-0.3, -0.25) is 24.1 Å². The zero-order valence-electron chi connectivity index (χ0n) is 31.6. The van der Waals surface area contributed by atoms with Crippen molar-refractivity contribution in [2.75, 3.05) is 46.3 Å². The largest absolute Gasteiger partial charge is 0.342 e. The second-order valence-corrected chi connectivity index (χ2v) is 16.7. The molecule has 0 saturated carbocycles.